The van der Waals surface area contributed by atoms with Crippen molar-refractivity contribution in [2.75, 3.05) is 5.01 Å². The number of alkyl halides is 3. The SMILES string of the molecule is CC[C@H](C)OC(=O)c1ccc([SH]2NN(c3ccc(C#N)c(C(F)(F)F)c3)C(=O)C2(C)C)cc1F. The van der Waals surface area contributed by atoms with E-state index < -0.39 is 50.8 Å². The molecule has 0 aliphatic carbocycles. The summed E-state index contributed by atoms with van der Waals surface area (Å²) in [6.07, 6.45) is -4.60. The number of nitrogens with one attached hydrogen (secondary N) is 1. The van der Waals surface area contributed by atoms with Gasteiger partial charge in [0.15, 0.2) is 0 Å². The molecule has 1 amide bonds. The standard InChI is InChI=1S/C23H23F4N3O3S/c1-5-13(2)33-20(31)17-9-8-16(11-19(17)24)34-22(3,4)21(32)30(29-34)15-7-6-14(12-28)18(10-15)23(25,26)27/h6-11,13,29,34H,5H2,1-4H3/t13-/m0/s1. The Morgan fingerprint density at radius 1 is 1.26 bits per heavy atom. The molecule has 0 saturated carbocycles. The zero-order valence-electron chi connectivity index (χ0n) is 18.8. The molecule has 1 fully saturated rings. The number of amides is 1. The van der Waals surface area contributed by atoms with Crippen LogP contribution in [0.25, 0.3) is 0 Å². The van der Waals surface area contributed by atoms with Crippen LogP contribution in [0.4, 0.5) is 23.2 Å². The number of carbonyl (C=O) groups is 2. The molecule has 1 aliphatic heterocycles. The Bertz CT molecular complexity index is 1180. The van der Waals surface area contributed by atoms with E-state index >= 15 is 0 Å². The zero-order chi connectivity index (χ0) is 25.4. The molecule has 0 spiro atoms. The predicted octanol–water partition coefficient (Wildman–Crippen LogP) is 5.28. The number of nitriles is 1. The second-order valence-electron chi connectivity index (χ2n) is 8.26. The number of hydrogen-bond donors (Lipinski definition) is 2. The van der Waals surface area contributed by atoms with Gasteiger partial charge in [-0.15, -0.1) is 11.1 Å². The normalized spacial score (nSPS) is 19.6. The highest BCUT2D eigenvalue weighted by atomic mass is 32.2. The van der Waals surface area contributed by atoms with Crippen LogP contribution in [0, 0.1) is 17.1 Å². The number of rotatable bonds is 5. The van der Waals surface area contributed by atoms with E-state index in [9.17, 15) is 27.2 Å². The van der Waals surface area contributed by atoms with Crippen LogP contribution >= 0.6 is 11.1 Å². The van der Waals surface area contributed by atoms with E-state index in [1.54, 1.807) is 20.8 Å². The van der Waals surface area contributed by atoms with Gasteiger partial charge in [0, 0.05) is 4.90 Å². The Morgan fingerprint density at radius 2 is 1.94 bits per heavy atom. The topological polar surface area (TPSA) is 82.4 Å². The minimum absolute atomic E-state index is 0.0939. The number of esters is 1. The van der Waals surface area contributed by atoms with Gasteiger partial charge in [-0.05, 0) is 63.6 Å². The molecular formula is C23H23F4N3O3S. The van der Waals surface area contributed by atoms with E-state index in [-0.39, 0.29) is 17.4 Å². The van der Waals surface area contributed by atoms with Gasteiger partial charge < -0.3 is 4.74 Å². The first-order chi connectivity index (χ1) is 15.8. The van der Waals surface area contributed by atoms with Gasteiger partial charge >= 0.3 is 12.1 Å². The second-order valence-corrected chi connectivity index (χ2v) is 10.8. The fraction of sp³-hybridized carbons (Fsp3) is 0.348. The fourth-order valence-electron chi connectivity index (χ4n) is 3.34. The van der Waals surface area contributed by atoms with Gasteiger partial charge in [0.25, 0.3) is 5.91 Å². The van der Waals surface area contributed by atoms with E-state index in [0.717, 1.165) is 23.2 Å². The first-order valence-electron chi connectivity index (χ1n) is 10.3. The third kappa shape index (κ3) is 4.74. The molecule has 182 valence electrons. The molecule has 2 atom stereocenters. The summed E-state index contributed by atoms with van der Waals surface area (Å²) in [5.41, 5.74) is -2.07. The highest BCUT2D eigenvalue weighted by Crippen LogP contribution is 2.51. The summed E-state index contributed by atoms with van der Waals surface area (Å²) in [5, 5.41) is 9.99. The lowest BCUT2D eigenvalue weighted by molar-refractivity contribution is -0.137. The fourth-order valence-corrected chi connectivity index (χ4v) is 5.51. The molecule has 3 rings (SSSR count). The van der Waals surface area contributed by atoms with Gasteiger partial charge in [0.05, 0.1) is 39.3 Å². The van der Waals surface area contributed by atoms with Gasteiger partial charge in [-0.25, -0.2) is 14.2 Å². The monoisotopic (exact) mass is 497 g/mol. The predicted molar refractivity (Wildman–Crippen MR) is 120 cm³/mol. The molecule has 1 unspecified atom stereocenters. The molecule has 1 saturated heterocycles. The summed E-state index contributed by atoms with van der Waals surface area (Å²) < 4.78 is 59.0. The van der Waals surface area contributed by atoms with Crippen LogP contribution in [0.15, 0.2) is 41.3 Å². The third-order valence-corrected chi connectivity index (χ3v) is 7.99. The summed E-state index contributed by atoms with van der Waals surface area (Å²) in [5.74, 6) is -2.15. The van der Waals surface area contributed by atoms with Crippen LogP contribution in [0.3, 0.4) is 0 Å². The molecule has 2 aromatic rings. The minimum atomic E-state index is -4.78. The molecule has 1 N–H and O–H groups in total. The van der Waals surface area contributed by atoms with Crippen LogP contribution in [0.1, 0.15) is 55.6 Å². The highest BCUT2D eigenvalue weighted by molar-refractivity contribution is 8.17. The lowest BCUT2D eigenvalue weighted by Gasteiger charge is -2.27. The Labute approximate surface area is 196 Å². The average molecular weight is 498 g/mol. The summed E-state index contributed by atoms with van der Waals surface area (Å²) >= 11 is -1.61. The van der Waals surface area contributed by atoms with Gasteiger partial charge in [0.1, 0.15) is 5.82 Å². The van der Waals surface area contributed by atoms with Gasteiger partial charge in [0.2, 0.25) is 0 Å². The summed E-state index contributed by atoms with van der Waals surface area (Å²) in [6.45, 7) is 6.71. The summed E-state index contributed by atoms with van der Waals surface area (Å²) in [4.78, 5) is 28.6. The number of hydrogen-bond acceptors (Lipinski definition) is 5. The maximum atomic E-state index is 14.8. The average Bonchev–Trinajstić information content (AvgIpc) is 3.01. The first kappa shape index (κ1) is 25.5. The molecule has 1 heterocycles. The molecule has 0 aromatic heterocycles. The van der Waals surface area contributed by atoms with Crippen molar-refractivity contribution in [3.8, 4) is 6.07 Å². The van der Waals surface area contributed by atoms with Crippen LogP contribution < -0.4 is 9.84 Å². The van der Waals surface area contributed by atoms with Crippen LogP contribution in [-0.2, 0) is 15.7 Å². The van der Waals surface area contributed by atoms with Crippen molar-refractivity contribution in [2.45, 2.75) is 56.0 Å². The molecule has 1 aliphatic rings. The number of hydrazine groups is 1. The number of thiol groups is 1. The lowest BCUT2D eigenvalue weighted by atomic mass is 10.1. The molecule has 0 radical (unpaired) electrons. The molecular weight excluding hydrogens is 474 g/mol. The Hall–Kier alpha value is -3.10. The Kier molecular flexibility index (Phi) is 6.96. The largest absolute Gasteiger partial charge is 0.459 e. The van der Waals surface area contributed by atoms with Gasteiger partial charge in [-0.2, -0.15) is 23.3 Å². The van der Waals surface area contributed by atoms with E-state index in [4.69, 9.17) is 10.00 Å². The summed E-state index contributed by atoms with van der Waals surface area (Å²) in [7, 11) is 0. The van der Waals surface area contributed by atoms with Crippen LogP contribution in [0.2, 0.25) is 0 Å². The number of ether oxygens (including phenoxy) is 1. The Balaban J connectivity index is 1.95. The van der Waals surface area contributed by atoms with Crippen molar-refractivity contribution in [3.63, 3.8) is 0 Å². The first-order valence-corrected chi connectivity index (χ1v) is 11.7. The Morgan fingerprint density at radius 3 is 2.50 bits per heavy atom. The quantitative estimate of drug-likeness (QED) is 0.334. The second kappa shape index (κ2) is 9.27. The van der Waals surface area contributed by atoms with Gasteiger partial charge in [-0.3, -0.25) is 4.79 Å². The number of benzene rings is 2. The number of carbonyl (C=O) groups excluding carboxylic acids is 2. The van der Waals surface area contributed by atoms with E-state index in [2.05, 4.69) is 4.83 Å². The smallest absolute Gasteiger partial charge is 0.417 e. The van der Waals surface area contributed by atoms with Crippen molar-refractivity contribution < 1.29 is 31.9 Å². The van der Waals surface area contributed by atoms with Gasteiger partial charge in [-0.1, -0.05) is 6.92 Å². The van der Waals surface area contributed by atoms with Crippen molar-refractivity contribution in [2.24, 2.45) is 0 Å². The molecule has 6 nitrogen and oxygen atoms in total. The summed E-state index contributed by atoms with van der Waals surface area (Å²) in [6, 6.07) is 8.36. The van der Waals surface area contributed by atoms with E-state index in [1.807, 2.05) is 6.92 Å². The minimum Gasteiger partial charge on any atom is -0.459 e. The lowest BCUT2D eigenvalue weighted by Crippen LogP contribution is -2.38. The van der Waals surface area contributed by atoms with Crippen LogP contribution in [0.5, 0.6) is 0 Å². The third-order valence-electron chi connectivity index (χ3n) is 5.49. The molecule has 2 aromatic carbocycles. The van der Waals surface area contributed by atoms with E-state index in [0.29, 0.717) is 11.3 Å². The van der Waals surface area contributed by atoms with Crippen molar-refractivity contribution in [1.82, 2.24) is 4.83 Å². The number of nitrogens with zero attached hydrogens (tertiary/aromatic N) is 2. The van der Waals surface area contributed by atoms with Crippen molar-refractivity contribution in [1.29, 1.82) is 5.26 Å². The number of anilines is 1. The highest BCUT2D eigenvalue weighted by Gasteiger charge is 2.47. The van der Waals surface area contributed by atoms with Crippen LogP contribution in [-0.4, -0.2) is 22.7 Å². The maximum Gasteiger partial charge on any atom is 0.417 e. The maximum absolute atomic E-state index is 14.8. The van der Waals surface area contributed by atoms with E-state index in [1.165, 1.54) is 24.3 Å². The zero-order valence-corrected chi connectivity index (χ0v) is 19.7. The molecule has 0 bridgehead atoms. The number of halogens is 4. The van der Waals surface area contributed by atoms with Crippen molar-refractivity contribution >= 4 is 28.6 Å². The van der Waals surface area contributed by atoms with Crippen molar-refractivity contribution in [3.05, 3.63) is 58.9 Å². The molecule has 11 heteroatoms. The molecule has 34 heavy (non-hydrogen) atoms.